The fraction of sp³-hybridized carbons (Fsp3) is 0.261. The normalized spacial score (nSPS) is 18.2. The summed E-state index contributed by atoms with van der Waals surface area (Å²) in [7, 11) is 7.69. The molecule has 1 atom stereocenters. The van der Waals surface area contributed by atoms with Gasteiger partial charge in [0.2, 0.25) is 11.8 Å². The minimum absolute atomic E-state index is 0.364. The van der Waals surface area contributed by atoms with Crippen LogP contribution in [0.4, 0.5) is 11.6 Å². The molecule has 0 N–H and O–H groups in total. The van der Waals surface area contributed by atoms with Gasteiger partial charge in [0.1, 0.15) is 5.75 Å². The van der Waals surface area contributed by atoms with E-state index in [1.807, 2.05) is 81.3 Å². The molecule has 7 heteroatoms. The summed E-state index contributed by atoms with van der Waals surface area (Å²) in [4.78, 5) is 26.0. The lowest BCUT2D eigenvalue weighted by molar-refractivity contribution is 0.0218. The number of carbonyl (C=O) groups is 1. The van der Waals surface area contributed by atoms with Crippen molar-refractivity contribution >= 4 is 17.6 Å². The molecule has 0 aliphatic carbocycles. The molecule has 2 aliphatic rings. The van der Waals surface area contributed by atoms with Crippen LogP contribution < -0.4 is 14.5 Å². The highest BCUT2D eigenvalue weighted by Crippen LogP contribution is 2.56. The lowest BCUT2D eigenvalue weighted by Gasteiger charge is -2.37. The highest BCUT2D eigenvalue weighted by atomic mass is 16.6. The highest BCUT2D eigenvalue weighted by molar-refractivity contribution is 5.97. The van der Waals surface area contributed by atoms with Crippen molar-refractivity contribution in [3.05, 3.63) is 70.4 Å². The summed E-state index contributed by atoms with van der Waals surface area (Å²) < 4.78 is 12.4. The number of ether oxygens (including phenoxy) is 2. The Morgan fingerprint density at radius 1 is 0.933 bits per heavy atom. The van der Waals surface area contributed by atoms with Gasteiger partial charge >= 0.3 is 5.97 Å². The van der Waals surface area contributed by atoms with Gasteiger partial charge in [0.25, 0.3) is 0 Å². The highest BCUT2D eigenvalue weighted by Gasteiger charge is 2.55. The SMILES string of the molecule is Cc1nc(N(C)C)nc2c1C1(OC(=O)c3ccccc31)c1ccc(N(C)C)cc1O2. The first-order valence-corrected chi connectivity index (χ1v) is 9.72. The topological polar surface area (TPSA) is 67.8 Å². The van der Waals surface area contributed by atoms with Crippen LogP contribution in [-0.2, 0) is 10.3 Å². The second kappa shape index (κ2) is 6.19. The van der Waals surface area contributed by atoms with Crippen molar-refractivity contribution in [1.29, 1.82) is 0 Å². The number of hydrogen-bond acceptors (Lipinski definition) is 7. The zero-order valence-electron chi connectivity index (χ0n) is 17.6. The van der Waals surface area contributed by atoms with Crippen molar-refractivity contribution in [2.75, 3.05) is 38.0 Å². The van der Waals surface area contributed by atoms with Crippen LogP contribution in [-0.4, -0.2) is 44.1 Å². The Bertz CT molecular complexity index is 1210. The van der Waals surface area contributed by atoms with Crippen LogP contribution in [0.3, 0.4) is 0 Å². The van der Waals surface area contributed by atoms with Gasteiger partial charge in [-0.1, -0.05) is 18.2 Å². The predicted molar refractivity (Wildman–Crippen MR) is 114 cm³/mol. The van der Waals surface area contributed by atoms with E-state index in [2.05, 4.69) is 9.97 Å². The van der Waals surface area contributed by atoms with Crippen molar-refractivity contribution < 1.29 is 14.3 Å². The zero-order chi connectivity index (χ0) is 21.2. The van der Waals surface area contributed by atoms with E-state index in [1.165, 1.54) is 0 Å². The van der Waals surface area contributed by atoms with Gasteiger partial charge < -0.3 is 19.3 Å². The van der Waals surface area contributed by atoms with Gasteiger partial charge in [0, 0.05) is 51.1 Å². The third-order valence-corrected chi connectivity index (χ3v) is 5.64. The zero-order valence-corrected chi connectivity index (χ0v) is 17.6. The summed E-state index contributed by atoms with van der Waals surface area (Å²) in [5.41, 5.74) is 3.29. The second-order valence-electron chi connectivity index (χ2n) is 7.98. The maximum Gasteiger partial charge on any atom is 0.340 e. The molecule has 0 saturated carbocycles. The van der Waals surface area contributed by atoms with Gasteiger partial charge in [-0.3, -0.25) is 0 Å². The van der Waals surface area contributed by atoms with Crippen LogP contribution in [0.1, 0.15) is 32.7 Å². The lowest BCUT2D eigenvalue weighted by atomic mass is 9.78. The molecule has 0 fully saturated rings. The average Bonchev–Trinajstić information content (AvgIpc) is 3.00. The number of esters is 1. The van der Waals surface area contributed by atoms with Gasteiger partial charge in [0.05, 0.1) is 16.8 Å². The van der Waals surface area contributed by atoms with Crippen LogP contribution >= 0.6 is 0 Å². The quantitative estimate of drug-likeness (QED) is 0.608. The third-order valence-electron chi connectivity index (χ3n) is 5.64. The number of carbonyl (C=O) groups excluding carboxylic acids is 1. The monoisotopic (exact) mass is 402 g/mol. The standard InChI is InChI=1S/C23H22N4O3/c1-13-19-20(25-22(24-13)27(4)5)29-18-12-14(26(2)3)10-11-17(18)23(19)16-9-7-6-8-15(16)21(28)30-23/h6-12H,1-5H3. The molecule has 1 aromatic heterocycles. The number of nitrogens with zero attached hydrogens (tertiary/aromatic N) is 4. The molecule has 2 aliphatic heterocycles. The number of aryl methyl sites for hydroxylation is 1. The maximum atomic E-state index is 12.9. The number of aromatic nitrogens is 2. The Hall–Kier alpha value is -3.61. The fourth-order valence-corrected chi connectivity index (χ4v) is 4.22. The summed E-state index contributed by atoms with van der Waals surface area (Å²) in [6.45, 7) is 1.90. The van der Waals surface area contributed by atoms with E-state index in [9.17, 15) is 4.79 Å². The Balaban J connectivity index is 1.87. The minimum atomic E-state index is -1.14. The number of benzene rings is 2. The summed E-state index contributed by atoms with van der Waals surface area (Å²) >= 11 is 0. The average molecular weight is 402 g/mol. The van der Waals surface area contributed by atoms with E-state index in [0.717, 1.165) is 16.8 Å². The number of hydrogen-bond donors (Lipinski definition) is 0. The summed E-state index contributed by atoms with van der Waals surface area (Å²) in [6, 6.07) is 13.4. The first kappa shape index (κ1) is 18.4. The molecule has 0 bridgehead atoms. The molecule has 1 unspecified atom stereocenters. The number of anilines is 2. The van der Waals surface area contributed by atoms with Crippen LogP contribution in [0.15, 0.2) is 42.5 Å². The molecule has 0 saturated heterocycles. The number of fused-ring (bicyclic) bond motifs is 6. The summed E-state index contributed by atoms with van der Waals surface area (Å²) in [5, 5.41) is 0. The van der Waals surface area contributed by atoms with Gasteiger partial charge in [-0.05, 0) is 25.1 Å². The van der Waals surface area contributed by atoms with E-state index in [0.29, 0.717) is 34.4 Å². The largest absolute Gasteiger partial charge is 0.440 e. The molecule has 3 aromatic rings. The summed E-state index contributed by atoms with van der Waals surface area (Å²) in [5.74, 6) is 1.18. The van der Waals surface area contributed by atoms with Crippen LogP contribution in [0.25, 0.3) is 0 Å². The molecule has 7 nitrogen and oxygen atoms in total. The van der Waals surface area contributed by atoms with Gasteiger partial charge in [-0.2, -0.15) is 4.98 Å². The minimum Gasteiger partial charge on any atom is -0.440 e. The van der Waals surface area contributed by atoms with Gasteiger partial charge in [0.15, 0.2) is 5.60 Å². The Kier molecular flexibility index (Phi) is 3.80. The smallest absolute Gasteiger partial charge is 0.340 e. The molecular weight excluding hydrogens is 380 g/mol. The van der Waals surface area contributed by atoms with Crippen molar-refractivity contribution in [3.8, 4) is 11.6 Å². The predicted octanol–water partition coefficient (Wildman–Crippen LogP) is 3.49. The molecule has 3 heterocycles. The van der Waals surface area contributed by atoms with E-state index in [-0.39, 0.29) is 5.97 Å². The molecular formula is C23H22N4O3. The molecule has 30 heavy (non-hydrogen) atoms. The molecule has 0 radical (unpaired) electrons. The first-order chi connectivity index (χ1) is 14.3. The lowest BCUT2D eigenvalue weighted by Crippen LogP contribution is -2.35. The molecule has 2 aromatic carbocycles. The third kappa shape index (κ3) is 2.35. The van der Waals surface area contributed by atoms with Crippen molar-refractivity contribution in [3.63, 3.8) is 0 Å². The molecule has 0 amide bonds. The Morgan fingerprint density at radius 3 is 2.43 bits per heavy atom. The first-order valence-electron chi connectivity index (χ1n) is 9.72. The van der Waals surface area contributed by atoms with Crippen molar-refractivity contribution in [2.45, 2.75) is 12.5 Å². The van der Waals surface area contributed by atoms with Crippen molar-refractivity contribution in [2.24, 2.45) is 0 Å². The van der Waals surface area contributed by atoms with E-state index >= 15 is 0 Å². The Morgan fingerprint density at radius 2 is 1.70 bits per heavy atom. The van der Waals surface area contributed by atoms with Crippen molar-refractivity contribution in [1.82, 2.24) is 9.97 Å². The second-order valence-corrected chi connectivity index (χ2v) is 7.98. The van der Waals surface area contributed by atoms with E-state index < -0.39 is 5.60 Å². The van der Waals surface area contributed by atoms with Gasteiger partial charge in [-0.25, -0.2) is 9.78 Å². The maximum absolute atomic E-state index is 12.9. The number of rotatable bonds is 2. The van der Waals surface area contributed by atoms with Crippen LogP contribution in [0.5, 0.6) is 11.6 Å². The van der Waals surface area contributed by atoms with Crippen LogP contribution in [0.2, 0.25) is 0 Å². The molecule has 5 rings (SSSR count). The fourth-order valence-electron chi connectivity index (χ4n) is 4.22. The summed E-state index contributed by atoms with van der Waals surface area (Å²) in [6.07, 6.45) is 0. The Labute approximate surface area is 174 Å². The van der Waals surface area contributed by atoms with Gasteiger partial charge in [-0.15, -0.1) is 0 Å². The van der Waals surface area contributed by atoms with E-state index in [1.54, 1.807) is 6.07 Å². The molecule has 1 spiro atoms. The van der Waals surface area contributed by atoms with E-state index in [4.69, 9.17) is 9.47 Å². The molecule has 152 valence electrons. The van der Waals surface area contributed by atoms with Crippen LogP contribution in [0, 0.1) is 6.92 Å².